The highest BCUT2D eigenvalue weighted by Gasteiger charge is 2.21. The molecule has 3 aromatic carbocycles. The first kappa shape index (κ1) is 24.7. The highest BCUT2D eigenvalue weighted by atomic mass is 16.5. The van der Waals surface area contributed by atoms with Crippen LogP contribution in [0.5, 0.6) is 11.5 Å². The minimum Gasteiger partial charge on any atom is -0.497 e. The molecule has 4 rings (SSSR count). The maximum absolute atomic E-state index is 13.6. The van der Waals surface area contributed by atoms with E-state index < -0.39 is 5.91 Å². The van der Waals surface area contributed by atoms with Gasteiger partial charge in [0.1, 0.15) is 17.3 Å². The number of aryl methyl sites for hydroxylation is 1. The van der Waals surface area contributed by atoms with E-state index in [1.807, 2.05) is 31.2 Å². The molecule has 0 aliphatic heterocycles. The van der Waals surface area contributed by atoms with Gasteiger partial charge < -0.3 is 9.47 Å². The number of rotatable bonds is 8. The SMILES string of the molecule is COc1ccc2c(=O)n(-c3cccc(C)c3)c(CCN(C=O)C(=O)c3cccc(OC)c3C)nc2c1. The number of carbonyl (C=O) groups is 2. The van der Waals surface area contributed by atoms with Gasteiger partial charge in [-0.3, -0.25) is 23.9 Å². The molecule has 0 radical (unpaired) electrons. The van der Waals surface area contributed by atoms with Crippen molar-refractivity contribution >= 4 is 23.2 Å². The second kappa shape index (κ2) is 10.4. The largest absolute Gasteiger partial charge is 0.497 e. The molecule has 8 nitrogen and oxygen atoms in total. The van der Waals surface area contributed by atoms with E-state index in [0.717, 1.165) is 10.5 Å². The summed E-state index contributed by atoms with van der Waals surface area (Å²) in [5, 5.41) is 0.441. The van der Waals surface area contributed by atoms with Crippen LogP contribution in [0.25, 0.3) is 16.6 Å². The number of imide groups is 1. The predicted molar refractivity (Wildman–Crippen MR) is 137 cm³/mol. The third-order valence-electron chi connectivity index (χ3n) is 6.10. The number of fused-ring (bicyclic) bond motifs is 1. The molecule has 36 heavy (non-hydrogen) atoms. The Morgan fingerprint density at radius 3 is 2.50 bits per heavy atom. The van der Waals surface area contributed by atoms with Crippen molar-refractivity contribution in [1.82, 2.24) is 14.5 Å². The van der Waals surface area contributed by atoms with Gasteiger partial charge in [-0.25, -0.2) is 4.98 Å². The molecule has 1 heterocycles. The second-order valence-electron chi connectivity index (χ2n) is 8.38. The molecule has 0 fully saturated rings. The van der Waals surface area contributed by atoms with E-state index >= 15 is 0 Å². The van der Waals surface area contributed by atoms with Crippen molar-refractivity contribution in [1.29, 1.82) is 0 Å². The number of ether oxygens (including phenoxy) is 2. The predicted octanol–water partition coefficient (Wildman–Crippen LogP) is 3.86. The minimum absolute atomic E-state index is 0.0344. The fourth-order valence-corrected chi connectivity index (χ4v) is 4.18. The maximum Gasteiger partial charge on any atom is 0.265 e. The summed E-state index contributed by atoms with van der Waals surface area (Å²) in [5.74, 6) is 1.11. The van der Waals surface area contributed by atoms with E-state index in [9.17, 15) is 14.4 Å². The van der Waals surface area contributed by atoms with Crippen molar-refractivity contribution in [3.05, 3.63) is 93.5 Å². The minimum atomic E-state index is -0.451. The van der Waals surface area contributed by atoms with Crippen molar-refractivity contribution in [2.45, 2.75) is 20.3 Å². The number of aromatic nitrogens is 2. The van der Waals surface area contributed by atoms with Crippen LogP contribution in [0.4, 0.5) is 0 Å². The Morgan fingerprint density at radius 2 is 1.81 bits per heavy atom. The van der Waals surface area contributed by atoms with E-state index in [1.54, 1.807) is 50.4 Å². The molecule has 184 valence electrons. The van der Waals surface area contributed by atoms with Crippen molar-refractivity contribution in [2.24, 2.45) is 0 Å². The first-order chi connectivity index (χ1) is 17.4. The van der Waals surface area contributed by atoms with Gasteiger partial charge in [-0.2, -0.15) is 0 Å². The molecule has 4 aromatic rings. The van der Waals surface area contributed by atoms with Gasteiger partial charge in [0, 0.05) is 30.2 Å². The summed E-state index contributed by atoms with van der Waals surface area (Å²) in [7, 11) is 3.07. The summed E-state index contributed by atoms with van der Waals surface area (Å²) >= 11 is 0. The lowest BCUT2D eigenvalue weighted by atomic mass is 10.1. The number of benzene rings is 3. The summed E-state index contributed by atoms with van der Waals surface area (Å²) in [6, 6.07) is 17.7. The van der Waals surface area contributed by atoms with Crippen LogP contribution < -0.4 is 15.0 Å². The van der Waals surface area contributed by atoms with Gasteiger partial charge in [0.05, 0.1) is 30.8 Å². The van der Waals surface area contributed by atoms with Crippen molar-refractivity contribution in [3.63, 3.8) is 0 Å². The molecule has 0 bridgehead atoms. The highest BCUT2D eigenvalue weighted by Crippen LogP contribution is 2.23. The second-order valence-corrected chi connectivity index (χ2v) is 8.38. The van der Waals surface area contributed by atoms with Crippen molar-refractivity contribution in [3.8, 4) is 17.2 Å². The Bertz CT molecular complexity index is 1510. The number of nitrogens with zero attached hydrogens (tertiary/aromatic N) is 3. The molecule has 0 saturated carbocycles. The van der Waals surface area contributed by atoms with E-state index in [2.05, 4.69) is 0 Å². The lowest BCUT2D eigenvalue weighted by Gasteiger charge is -2.19. The van der Waals surface area contributed by atoms with Crippen LogP contribution in [-0.4, -0.2) is 47.5 Å². The normalized spacial score (nSPS) is 10.8. The van der Waals surface area contributed by atoms with Gasteiger partial charge in [0.2, 0.25) is 6.41 Å². The molecular formula is C28H27N3O5. The molecule has 8 heteroatoms. The first-order valence-corrected chi connectivity index (χ1v) is 11.4. The first-order valence-electron chi connectivity index (χ1n) is 11.4. The summed E-state index contributed by atoms with van der Waals surface area (Å²) < 4.78 is 12.1. The van der Waals surface area contributed by atoms with Crippen molar-refractivity contribution < 1.29 is 19.1 Å². The third-order valence-corrected chi connectivity index (χ3v) is 6.10. The van der Waals surface area contributed by atoms with E-state index in [1.165, 1.54) is 11.7 Å². The zero-order valence-corrected chi connectivity index (χ0v) is 20.6. The van der Waals surface area contributed by atoms with Gasteiger partial charge in [-0.1, -0.05) is 18.2 Å². The Hall–Kier alpha value is -4.46. The average molecular weight is 486 g/mol. The van der Waals surface area contributed by atoms with Crippen LogP contribution in [0, 0.1) is 13.8 Å². The quantitative estimate of drug-likeness (QED) is 0.352. The Kier molecular flexibility index (Phi) is 7.15. The van der Waals surface area contributed by atoms with Crippen LogP contribution in [0.2, 0.25) is 0 Å². The fraction of sp³-hybridized carbons (Fsp3) is 0.214. The molecule has 0 saturated heterocycles. The molecule has 0 atom stereocenters. The lowest BCUT2D eigenvalue weighted by molar-refractivity contribution is -0.116. The summed E-state index contributed by atoms with van der Waals surface area (Å²) in [6.45, 7) is 3.74. The standard InChI is InChI=1S/C28H27N3O5/c1-18-7-5-8-20(15-18)31-26(29-24-16-21(35-3)11-12-23(24)28(31)34)13-14-30(17-32)27(33)22-9-6-10-25(36-4)19(22)2/h5-12,15-17H,13-14H2,1-4H3. The smallest absolute Gasteiger partial charge is 0.265 e. The zero-order valence-electron chi connectivity index (χ0n) is 20.6. The molecule has 0 aliphatic carbocycles. The summed E-state index contributed by atoms with van der Waals surface area (Å²) in [5.41, 5.74) is 2.89. The van der Waals surface area contributed by atoms with Gasteiger partial charge in [0.25, 0.3) is 11.5 Å². The number of hydrogen-bond donors (Lipinski definition) is 0. The van der Waals surface area contributed by atoms with Gasteiger partial charge in [-0.15, -0.1) is 0 Å². The van der Waals surface area contributed by atoms with Crippen LogP contribution in [0.15, 0.2) is 65.5 Å². The van der Waals surface area contributed by atoms with Crippen LogP contribution in [-0.2, 0) is 11.2 Å². The topological polar surface area (TPSA) is 90.7 Å². The molecule has 2 amide bonds. The fourth-order valence-electron chi connectivity index (χ4n) is 4.18. The molecule has 0 spiro atoms. The maximum atomic E-state index is 13.6. The Balaban J connectivity index is 1.76. The van der Waals surface area contributed by atoms with E-state index in [4.69, 9.17) is 14.5 Å². The third kappa shape index (κ3) is 4.70. The number of amides is 2. The van der Waals surface area contributed by atoms with E-state index in [-0.39, 0.29) is 18.5 Å². The average Bonchev–Trinajstić information content (AvgIpc) is 2.88. The van der Waals surface area contributed by atoms with Gasteiger partial charge >= 0.3 is 0 Å². The number of hydrogen-bond acceptors (Lipinski definition) is 6. The van der Waals surface area contributed by atoms with Gasteiger partial charge in [0.15, 0.2) is 0 Å². The Morgan fingerprint density at radius 1 is 1.03 bits per heavy atom. The number of methoxy groups -OCH3 is 2. The molecule has 0 N–H and O–H groups in total. The van der Waals surface area contributed by atoms with E-state index in [0.29, 0.717) is 51.5 Å². The zero-order chi connectivity index (χ0) is 25.8. The van der Waals surface area contributed by atoms with Crippen molar-refractivity contribution in [2.75, 3.05) is 20.8 Å². The number of carbonyl (C=O) groups excluding carboxylic acids is 2. The Labute approximate surface area is 208 Å². The molecule has 0 unspecified atom stereocenters. The molecule has 0 aliphatic rings. The highest BCUT2D eigenvalue weighted by molar-refractivity contribution is 6.01. The lowest BCUT2D eigenvalue weighted by Crippen LogP contribution is -2.34. The summed E-state index contributed by atoms with van der Waals surface area (Å²) in [6.07, 6.45) is 0.671. The van der Waals surface area contributed by atoms with Crippen LogP contribution in [0.3, 0.4) is 0 Å². The van der Waals surface area contributed by atoms with Gasteiger partial charge in [-0.05, 0) is 55.8 Å². The molecular weight excluding hydrogens is 458 g/mol. The van der Waals surface area contributed by atoms with Crippen LogP contribution in [0.1, 0.15) is 27.3 Å². The monoisotopic (exact) mass is 485 g/mol. The van der Waals surface area contributed by atoms with Crippen LogP contribution >= 0.6 is 0 Å². The molecule has 1 aromatic heterocycles. The summed E-state index contributed by atoms with van der Waals surface area (Å²) in [4.78, 5) is 44.5.